The summed E-state index contributed by atoms with van der Waals surface area (Å²) in [5, 5.41) is 3.50. The summed E-state index contributed by atoms with van der Waals surface area (Å²) in [4.78, 5) is 51.6. The van der Waals surface area contributed by atoms with E-state index in [1.807, 2.05) is 13.8 Å². The second kappa shape index (κ2) is 14.4. The molecule has 13 heteroatoms. The van der Waals surface area contributed by atoms with Gasteiger partial charge in [0.1, 0.15) is 9.75 Å². The van der Waals surface area contributed by atoms with Crippen LogP contribution in [0.2, 0.25) is 0 Å². The Morgan fingerprint density at radius 3 is 1.43 bits per heavy atom. The molecule has 198 valence electrons. The Bertz CT molecular complexity index is 1100. The van der Waals surface area contributed by atoms with Crippen molar-refractivity contribution in [1.82, 2.24) is 21.7 Å². The molecule has 0 radical (unpaired) electrons. The van der Waals surface area contributed by atoms with Crippen LogP contribution < -0.4 is 31.2 Å². The summed E-state index contributed by atoms with van der Waals surface area (Å²) >= 11 is 3.31. The third kappa shape index (κ3) is 7.78. The molecule has 0 aliphatic carbocycles. The van der Waals surface area contributed by atoms with Crippen LogP contribution in [0, 0.1) is 0 Å². The number of amides is 4. The average molecular weight is 565 g/mol. The lowest BCUT2D eigenvalue weighted by Gasteiger charge is -2.12. The summed E-state index contributed by atoms with van der Waals surface area (Å²) in [6, 6.07) is 6.71. The Morgan fingerprint density at radius 2 is 1.08 bits per heavy atom. The summed E-state index contributed by atoms with van der Waals surface area (Å²) in [5.74, 6) is -2.03. The number of carbonyl (C=O) groups is 4. The quantitative estimate of drug-likeness (QED) is 0.191. The Morgan fingerprint density at radius 1 is 0.676 bits per heavy atom. The highest BCUT2D eigenvalue weighted by Gasteiger charge is 2.30. The highest BCUT2D eigenvalue weighted by molar-refractivity contribution is 7.16. The van der Waals surface area contributed by atoms with Crippen molar-refractivity contribution in [3.63, 3.8) is 0 Å². The minimum Gasteiger partial charge on any atom is -0.488 e. The molecule has 0 saturated heterocycles. The lowest BCUT2D eigenvalue weighted by atomic mass is 10.3. The number of hydrazine groups is 2. The molecule has 10 nitrogen and oxygen atoms in total. The van der Waals surface area contributed by atoms with Crippen LogP contribution in [-0.4, -0.2) is 36.8 Å². The normalized spacial score (nSPS) is 10.4. The van der Waals surface area contributed by atoms with Gasteiger partial charge in [-0.25, -0.2) is 0 Å². The number of carbonyl (C=O) groups excluding carboxylic acids is 4. The summed E-state index contributed by atoms with van der Waals surface area (Å²) < 4.78 is 11.8. The molecule has 37 heavy (non-hydrogen) atoms. The van der Waals surface area contributed by atoms with Gasteiger partial charge in [-0.1, -0.05) is 38.8 Å². The van der Waals surface area contributed by atoms with Gasteiger partial charge in [-0.15, -0.1) is 34.0 Å². The van der Waals surface area contributed by atoms with Gasteiger partial charge in [0.2, 0.25) is 0 Å². The Kier molecular flexibility index (Phi) is 10.9. The average Bonchev–Trinajstić information content (AvgIpc) is 3.68. The van der Waals surface area contributed by atoms with Gasteiger partial charge in [0.05, 0.1) is 23.0 Å². The highest BCUT2D eigenvalue weighted by atomic mass is 32.1. The topological polar surface area (TPSA) is 135 Å². The predicted molar refractivity (Wildman–Crippen MR) is 144 cm³/mol. The molecule has 0 aromatic carbocycles. The van der Waals surface area contributed by atoms with E-state index in [1.54, 1.807) is 35.0 Å². The molecule has 0 saturated carbocycles. The van der Waals surface area contributed by atoms with Crippen LogP contribution in [0.4, 0.5) is 0 Å². The summed E-state index contributed by atoms with van der Waals surface area (Å²) in [7, 11) is 0. The van der Waals surface area contributed by atoms with Gasteiger partial charge >= 0.3 is 0 Å². The van der Waals surface area contributed by atoms with E-state index in [9.17, 15) is 19.2 Å². The van der Waals surface area contributed by atoms with Crippen LogP contribution in [0.3, 0.4) is 0 Å². The lowest BCUT2D eigenvalue weighted by Crippen LogP contribution is -2.41. The van der Waals surface area contributed by atoms with Gasteiger partial charge in [0, 0.05) is 0 Å². The highest BCUT2D eigenvalue weighted by Crippen LogP contribution is 2.42. The SMILES string of the molecule is CCCCOc1c(C(=O)NNC(=O)c2cccs2)sc(C(=O)NNC(=O)c2cccs2)c1OCCCC. The van der Waals surface area contributed by atoms with Crippen LogP contribution in [0.1, 0.15) is 78.2 Å². The maximum atomic E-state index is 13.1. The van der Waals surface area contributed by atoms with E-state index < -0.39 is 23.6 Å². The van der Waals surface area contributed by atoms with E-state index in [1.165, 1.54) is 22.7 Å². The minimum atomic E-state index is -0.664. The van der Waals surface area contributed by atoms with E-state index in [0.717, 1.165) is 37.0 Å². The minimum absolute atomic E-state index is 0.0591. The van der Waals surface area contributed by atoms with E-state index in [4.69, 9.17) is 9.47 Å². The van der Waals surface area contributed by atoms with Crippen molar-refractivity contribution in [1.29, 1.82) is 0 Å². The fraction of sp³-hybridized carbons (Fsp3) is 0.333. The molecule has 0 aliphatic heterocycles. The number of thiophene rings is 3. The fourth-order valence-electron chi connectivity index (χ4n) is 2.88. The largest absolute Gasteiger partial charge is 0.488 e. The van der Waals surface area contributed by atoms with Crippen LogP contribution in [-0.2, 0) is 0 Å². The van der Waals surface area contributed by atoms with E-state index in [2.05, 4.69) is 21.7 Å². The number of unbranched alkanes of at least 4 members (excludes halogenated alkanes) is 2. The van der Waals surface area contributed by atoms with Crippen LogP contribution in [0.15, 0.2) is 35.0 Å². The first-order valence-electron chi connectivity index (χ1n) is 11.7. The molecule has 0 spiro atoms. The molecule has 0 unspecified atom stereocenters. The van der Waals surface area contributed by atoms with Crippen molar-refractivity contribution < 1.29 is 28.7 Å². The molecule has 0 fully saturated rings. The zero-order valence-corrected chi connectivity index (χ0v) is 22.8. The molecule has 4 N–H and O–H groups in total. The van der Waals surface area contributed by atoms with Crippen LogP contribution in [0.25, 0.3) is 0 Å². The molecule has 0 bridgehead atoms. The molecular weight excluding hydrogens is 536 g/mol. The van der Waals surface area contributed by atoms with Gasteiger partial charge in [0.15, 0.2) is 11.5 Å². The van der Waals surface area contributed by atoms with Crippen LogP contribution in [0.5, 0.6) is 11.5 Å². The second-order valence-electron chi connectivity index (χ2n) is 7.59. The van der Waals surface area contributed by atoms with E-state index >= 15 is 0 Å². The molecular formula is C24H28N4O6S3. The maximum absolute atomic E-state index is 13.1. The summed E-state index contributed by atoms with van der Waals surface area (Å²) in [5.41, 5.74) is 9.49. The number of nitrogens with one attached hydrogen (secondary N) is 4. The molecule has 3 aromatic heterocycles. The lowest BCUT2D eigenvalue weighted by molar-refractivity contribution is 0.0848. The Balaban J connectivity index is 1.84. The first kappa shape index (κ1) is 28.2. The zero-order chi connectivity index (χ0) is 26.6. The maximum Gasteiger partial charge on any atom is 0.283 e. The number of hydrogen-bond donors (Lipinski definition) is 4. The van der Waals surface area contributed by atoms with Crippen LogP contribution >= 0.6 is 34.0 Å². The monoisotopic (exact) mass is 564 g/mol. The third-order valence-electron chi connectivity index (χ3n) is 4.79. The molecule has 3 heterocycles. The van der Waals surface area contributed by atoms with Crippen molar-refractivity contribution in [2.45, 2.75) is 39.5 Å². The number of ether oxygens (including phenoxy) is 2. The number of rotatable bonds is 12. The van der Waals surface area contributed by atoms with E-state index in [0.29, 0.717) is 23.0 Å². The predicted octanol–water partition coefficient (Wildman–Crippen LogP) is 4.38. The Hall–Kier alpha value is -3.42. The van der Waals surface area contributed by atoms with Crippen molar-refractivity contribution in [3.05, 3.63) is 54.5 Å². The van der Waals surface area contributed by atoms with E-state index in [-0.39, 0.29) is 21.3 Å². The van der Waals surface area contributed by atoms with Crippen molar-refractivity contribution in [2.24, 2.45) is 0 Å². The molecule has 4 amide bonds. The molecule has 0 aliphatic rings. The first-order chi connectivity index (χ1) is 18.0. The summed E-state index contributed by atoms with van der Waals surface area (Å²) in [6.07, 6.45) is 3.16. The molecule has 3 rings (SSSR count). The molecule has 0 atom stereocenters. The smallest absolute Gasteiger partial charge is 0.283 e. The van der Waals surface area contributed by atoms with Gasteiger partial charge in [-0.05, 0) is 35.7 Å². The van der Waals surface area contributed by atoms with Crippen molar-refractivity contribution >= 4 is 57.6 Å². The first-order valence-corrected chi connectivity index (χ1v) is 14.2. The third-order valence-corrected chi connectivity index (χ3v) is 7.68. The van der Waals surface area contributed by atoms with Gasteiger partial charge in [-0.3, -0.25) is 40.9 Å². The van der Waals surface area contributed by atoms with Gasteiger partial charge in [0.25, 0.3) is 23.6 Å². The number of hydrogen-bond acceptors (Lipinski definition) is 9. The standard InChI is InChI=1S/C24H28N4O6S3/c1-3-5-11-33-17-18(34-12-6-4-2)20(24(32)28-26-22(30)16-10-8-14-36-16)37-19(17)23(31)27-25-21(29)15-9-7-13-35-15/h7-10,13-14H,3-6,11-12H2,1-2H3,(H,25,29)(H,26,30)(H,27,31)(H,28,32). The summed E-state index contributed by atoms with van der Waals surface area (Å²) in [6.45, 7) is 4.60. The molecule has 3 aromatic rings. The fourth-order valence-corrected chi connectivity index (χ4v) is 5.10. The van der Waals surface area contributed by atoms with Gasteiger partial charge < -0.3 is 9.47 Å². The second-order valence-corrected chi connectivity index (χ2v) is 10.5. The zero-order valence-electron chi connectivity index (χ0n) is 20.4. The van der Waals surface area contributed by atoms with Crippen molar-refractivity contribution in [2.75, 3.05) is 13.2 Å². The van der Waals surface area contributed by atoms with Gasteiger partial charge in [-0.2, -0.15) is 0 Å². The van der Waals surface area contributed by atoms with Crippen molar-refractivity contribution in [3.8, 4) is 11.5 Å². The Labute approximate surface area is 226 Å².